The van der Waals surface area contributed by atoms with Crippen LogP contribution in [-0.2, 0) is 0 Å². The Labute approximate surface area is 134 Å². The van der Waals surface area contributed by atoms with Gasteiger partial charge >= 0.3 is 0 Å². The third-order valence-corrected chi connectivity index (χ3v) is 3.82. The van der Waals surface area contributed by atoms with Crippen molar-refractivity contribution < 1.29 is 9.21 Å². The fourth-order valence-corrected chi connectivity index (χ4v) is 2.88. The second-order valence-corrected chi connectivity index (χ2v) is 5.83. The van der Waals surface area contributed by atoms with E-state index >= 15 is 0 Å². The smallest absolute Gasteiger partial charge is 0.202 e. The van der Waals surface area contributed by atoms with E-state index in [4.69, 9.17) is 4.42 Å². The molecule has 3 aromatic heterocycles. The molecule has 6 nitrogen and oxygen atoms in total. The van der Waals surface area contributed by atoms with Crippen LogP contribution in [0.25, 0.3) is 0 Å². The lowest BCUT2D eigenvalue weighted by Crippen LogP contribution is -2.25. The molecular formula is C17H20N4O2. The van der Waals surface area contributed by atoms with E-state index in [1.54, 1.807) is 12.1 Å². The van der Waals surface area contributed by atoms with Gasteiger partial charge in [0, 0.05) is 11.4 Å². The number of aromatic nitrogens is 4. The van der Waals surface area contributed by atoms with Gasteiger partial charge in [0.2, 0.25) is 5.78 Å². The summed E-state index contributed by atoms with van der Waals surface area (Å²) in [7, 11) is 0. The first-order valence-corrected chi connectivity index (χ1v) is 7.58. The summed E-state index contributed by atoms with van der Waals surface area (Å²) in [5.41, 5.74) is 3.82. The standard InChI is InChI=1S/C17H20N4O2/c1-11-8-13(3)20(18-11)17(21-14(4)9-12(2)19-21)10-15(22)16-6-5-7-23-16/h5-9,17H,10H2,1-4H3. The normalized spacial score (nSPS) is 11.3. The summed E-state index contributed by atoms with van der Waals surface area (Å²) < 4.78 is 8.94. The third kappa shape index (κ3) is 2.97. The molecule has 0 aliphatic rings. The maximum absolute atomic E-state index is 12.5. The molecule has 0 amide bonds. The van der Waals surface area contributed by atoms with Crippen LogP contribution in [0.4, 0.5) is 0 Å². The van der Waals surface area contributed by atoms with Gasteiger partial charge in [0.1, 0.15) is 0 Å². The molecule has 0 saturated carbocycles. The molecule has 3 aromatic rings. The van der Waals surface area contributed by atoms with Crippen LogP contribution >= 0.6 is 0 Å². The lowest BCUT2D eigenvalue weighted by molar-refractivity contribution is 0.0920. The van der Waals surface area contributed by atoms with Crippen molar-refractivity contribution in [3.05, 3.63) is 59.1 Å². The van der Waals surface area contributed by atoms with Crippen LogP contribution in [0.5, 0.6) is 0 Å². The molecule has 3 heterocycles. The van der Waals surface area contributed by atoms with Gasteiger partial charge in [-0.2, -0.15) is 10.2 Å². The number of nitrogens with zero attached hydrogens (tertiary/aromatic N) is 4. The Hall–Kier alpha value is -2.63. The number of furan rings is 1. The maximum atomic E-state index is 12.5. The van der Waals surface area contributed by atoms with E-state index in [1.807, 2.05) is 49.2 Å². The monoisotopic (exact) mass is 312 g/mol. The molecule has 0 fully saturated rings. The molecule has 0 N–H and O–H groups in total. The summed E-state index contributed by atoms with van der Waals surface area (Å²) >= 11 is 0. The molecular weight excluding hydrogens is 292 g/mol. The average molecular weight is 312 g/mol. The van der Waals surface area contributed by atoms with Gasteiger partial charge in [-0.05, 0) is 52.0 Å². The van der Waals surface area contributed by atoms with Crippen molar-refractivity contribution in [3.63, 3.8) is 0 Å². The molecule has 0 aliphatic carbocycles. The van der Waals surface area contributed by atoms with Crippen molar-refractivity contribution in [1.82, 2.24) is 19.6 Å². The summed E-state index contributed by atoms with van der Waals surface area (Å²) in [5, 5.41) is 9.09. The van der Waals surface area contributed by atoms with E-state index in [-0.39, 0.29) is 18.4 Å². The minimum absolute atomic E-state index is 0.0693. The zero-order valence-electron chi connectivity index (χ0n) is 13.8. The number of hydrogen-bond donors (Lipinski definition) is 0. The highest BCUT2D eigenvalue weighted by molar-refractivity contribution is 5.93. The Bertz CT molecular complexity index is 781. The predicted molar refractivity (Wildman–Crippen MR) is 85.5 cm³/mol. The van der Waals surface area contributed by atoms with Crippen LogP contribution in [-0.4, -0.2) is 25.3 Å². The van der Waals surface area contributed by atoms with E-state index in [2.05, 4.69) is 10.2 Å². The lowest BCUT2D eigenvalue weighted by Gasteiger charge is -2.20. The van der Waals surface area contributed by atoms with Crippen LogP contribution < -0.4 is 0 Å². The van der Waals surface area contributed by atoms with Crippen molar-refractivity contribution in [3.8, 4) is 0 Å². The molecule has 0 atom stereocenters. The first kappa shape index (κ1) is 15.3. The fraction of sp³-hybridized carbons (Fsp3) is 0.353. The van der Waals surface area contributed by atoms with Gasteiger partial charge in [0.15, 0.2) is 11.9 Å². The topological polar surface area (TPSA) is 65.8 Å². The minimum Gasteiger partial charge on any atom is -0.461 e. The molecule has 0 saturated heterocycles. The summed E-state index contributed by atoms with van der Waals surface area (Å²) in [6.07, 6.45) is 1.43. The molecule has 0 unspecified atom stereocenters. The summed E-state index contributed by atoms with van der Waals surface area (Å²) in [4.78, 5) is 12.5. The molecule has 0 spiro atoms. The molecule has 23 heavy (non-hydrogen) atoms. The first-order chi connectivity index (χ1) is 11.0. The Balaban J connectivity index is 2.01. The van der Waals surface area contributed by atoms with Crippen molar-refractivity contribution in [2.45, 2.75) is 40.3 Å². The SMILES string of the molecule is Cc1cc(C)n(C(CC(=O)c2ccco2)n2nc(C)cc2C)n1. The Morgan fingerprint density at radius 2 is 1.65 bits per heavy atom. The molecule has 0 aromatic carbocycles. The van der Waals surface area contributed by atoms with E-state index in [9.17, 15) is 4.79 Å². The molecule has 0 radical (unpaired) electrons. The van der Waals surface area contributed by atoms with Gasteiger partial charge in [-0.25, -0.2) is 9.36 Å². The van der Waals surface area contributed by atoms with Crippen LogP contribution in [0.3, 0.4) is 0 Å². The number of Topliss-reactive ketones (excluding diaryl/α,β-unsaturated/α-hetero) is 1. The summed E-state index contributed by atoms with van der Waals surface area (Å²) in [6.45, 7) is 7.85. The second-order valence-electron chi connectivity index (χ2n) is 5.83. The highest BCUT2D eigenvalue weighted by atomic mass is 16.3. The van der Waals surface area contributed by atoms with Gasteiger partial charge < -0.3 is 4.42 Å². The van der Waals surface area contributed by atoms with Gasteiger partial charge in [0.05, 0.1) is 24.1 Å². The molecule has 3 rings (SSSR count). The Morgan fingerprint density at radius 1 is 1.09 bits per heavy atom. The quantitative estimate of drug-likeness (QED) is 0.678. The Morgan fingerprint density at radius 3 is 2.04 bits per heavy atom. The van der Waals surface area contributed by atoms with Gasteiger partial charge in [0.25, 0.3) is 0 Å². The number of carbonyl (C=O) groups is 1. The van der Waals surface area contributed by atoms with Gasteiger partial charge in [-0.15, -0.1) is 0 Å². The highest BCUT2D eigenvalue weighted by Gasteiger charge is 2.24. The average Bonchev–Trinajstić information content (AvgIpc) is 3.18. The number of rotatable bonds is 5. The molecule has 120 valence electrons. The minimum atomic E-state index is -0.310. The largest absolute Gasteiger partial charge is 0.461 e. The van der Waals surface area contributed by atoms with E-state index in [0.29, 0.717) is 5.76 Å². The van der Waals surface area contributed by atoms with Crippen LogP contribution in [0.2, 0.25) is 0 Å². The van der Waals surface area contributed by atoms with Gasteiger partial charge in [-0.1, -0.05) is 0 Å². The van der Waals surface area contributed by atoms with Gasteiger partial charge in [-0.3, -0.25) is 4.79 Å². The second kappa shape index (κ2) is 5.87. The zero-order chi connectivity index (χ0) is 16.6. The van der Waals surface area contributed by atoms with Crippen molar-refractivity contribution in [1.29, 1.82) is 0 Å². The predicted octanol–water partition coefficient (Wildman–Crippen LogP) is 3.23. The molecule has 0 aliphatic heterocycles. The highest BCUT2D eigenvalue weighted by Crippen LogP contribution is 2.22. The number of hydrogen-bond acceptors (Lipinski definition) is 4. The first-order valence-electron chi connectivity index (χ1n) is 7.58. The number of aryl methyl sites for hydroxylation is 4. The summed E-state index contributed by atoms with van der Waals surface area (Å²) in [5.74, 6) is 0.290. The van der Waals surface area contributed by atoms with Crippen LogP contribution in [0.1, 0.15) is 45.9 Å². The van der Waals surface area contributed by atoms with Crippen LogP contribution in [0.15, 0.2) is 34.9 Å². The lowest BCUT2D eigenvalue weighted by atomic mass is 10.2. The molecule has 6 heteroatoms. The molecule has 0 bridgehead atoms. The fourth-order valence-electron chi connectivity index (χ4n) is 2.88. The van der Waals surface area contributed by atoms with Crippen molar-refractivity contribution in [2.75, 3.05) is 0 Å². The maximum Gasteiger partial charge on any atom is 0.202 e. The van der Waals surface area contributed by atoms with E-state index in [0.717, 1.165) is 22.8 Å². The van der Waals surface area contributed by atoms with Crippen molar-refractivity contribution in [2.24, 2.45) is 0 Å². The van der Waals surface area contributed by atoms with E-state index < -0.39 is 0 Å². The Kier molecular flexibility index (Phi) is 3.90. The summed E-state index contributed by atoms with van der Waals surface area (Å²) in [6, 6.07) is 7.39. The van der Waals surface area contributed by atoms with E-state index in [1.165, 1.54) is 6.26 Å². The third-order valence-electron chi connectivity index (χ3n) is 3.82. The zero-order valence-corrected chi connectivity index (χ0v) is 13.8. The van der Waals surface area contributed by atoms with Crippen LogP contribution in [0, 0.1) is 27.7 Å². The van der Waals surface area contributed by atoms with Crippen molar-refractivity contribution >= 4 is 5.78 Å². The number of ketones is 1. The number of carbonyl (C=O) groups excluding carboxylic acids is 1.